The molecular formula is C18H23N5S. The molecule has 0 radical (unpaired) electrons. The van der Waals surface area contributed by atoms with Crippen molar-refractivity contribution >= 4 is 23.4 Å². The molecule has 0 bridgehead atoms. The Balaban J connectivity index is 1.63. The lowest BCUT2D eigenvalue weighted by Gasteiger charge is -2.33. The van der Waals surface area contributed by atoms with Crippen molar-refractivity contribution in [3.8, 4) is 0 Å². The van der Waals surface area contributed by atoms with Crippen molar-refractivity contribution < 1.29 is 0 Å². The highest BCUT2D eigenvalue weighted by atomic mass is 32.1. The van der Waals surface area contributed by atoms with Crippen LogP contribution in [0.4, 0.5) is 0 Å². The summed E-state index contributed by atoms with van der Waals surface area (Å²) in [5, 5.41) is 4.54. The third-order valence-electron chi connectivity index (χ3n) is 4.97. The number of fused-ring (bicyclic) bond motifs is 1. The minimum atomic E-state index is 0.401. The second-order valence-corrected chi connectivity index (χ2v) is 7.11. The molecule has 1 atom stereocenters. The number of aromatic amines is 1. The largest absolute Gasteiger partial charge is 0.328 e. The van der Waals surface area contributed by atoms with Crippen molar-refractivity contribution in [2.75, 3.05) is 13.1 Å². The molecule has 0 aliphatic carbocycles. The van der Waals surface area contributed by atoms with Crippen LogP contribution in [0.1, 0.15) is 30.1 Å². The summed E-state index contributed by atoms with van der Waals surface area (Å²) in [5.74, 6) is 0. The molecule has 4 rings (SSSR count). The summed E-state index contributed by atoms with van der Waals surface area (Å²) in [7, 11) is 2.00. The maximum absolute atomic E-state index is 5.62. The molecule has 1 aliphatic heterocycles. The molecule has 3 heterocycles. The van der Waals surface area contributed by atoms with Gasteiger partial charge < -0.3 is 4.98 Å². The fourth-order valence-electron chi connectivity index (χ4n) is 3.90. The minimum absolute atomic E-state index is 0.401. The predicted octanol–water partition coefficient (Wildman–Crippen LogP) is 3.58. The van der Waals surface area contributed by atoms with Gasteiger partial charge in [0.05, 0.1) is 11.7 Å². The van der Waals surface area contributed by atoms with Gasteiger partial charge in [0.25, 0.3) is 0 Å². The van der Waals surface area contributed by atoms with Crippen LogP contribution in [0.15, 0.2) is 30.3 Å². The lowest BCUT2D eigenvalue weighted by molar-refractivity contribution is 0.171. The molecule has 5 nitrogen and oxygen atoms in total. The van der Waals surface area contributed by atoms with Crippen molar-refractivity contribution in [1.29, 1.82) is 0 Å². The highest BCUT2D eigenvalue weighted by Crippen LogP contribution is 2.28. The first-order valence-electron chi connectivity index (χ1n) is 8.53. The third-order valence-corrected chi connectivity index (χ3v) is 5.26. The van der Waals surface area contributed by atoms with E-state index >= 15 is 0 Å². The van der Waals surface area contributed by atoms with E-state index in [-0.39, 0.29) is 0 Å². The number of aryl methyl sites for hydroxylation is 2. The monoisotopic (exact) mass is 341 g/mol. The number of hydrogen-bond acceptors (Lipinski definition) is 3. The summed E-state index contributed by atoms with van der Waals surface area (Å²) in [6.07, 6.45) is 2.36. The topological polar surface area (TPSA) is 41.8 Å². The van der Waals surface area contributed by atoms with E-state index in [1.54, 1.807) is 0 Å². The van der Waals surface area contributed by atoms with Crippen LogP contribution in [0.2, 0.25) is 0 Å². The van der Waals surface area contributed by atoms with E-state index in [9.17, 15) is 0 Å². The molecule has 1 saturated heterocycles. The van der Waals surface area contributed by atoms with Crippen LogP contribution in [0.3, 0.4) is 0 Å². The quantitative estimate of drug-likeness (QED) is 0.741. The third kappa shape index (κ3) is 2.70. The van der Waals surface area contributed by atoms with Crippen LogP contribution in [-0.2, 0) is 13.6 Å². The zero-order chi connectivity index (χ0) is 16.7. The van der Waals surface area contributed by atoms with Gasteiger partial charge in [0, 0.05) is 20.1 Å². The number of nitrogens with one attached hydrogen (secondary N) is 1. The second-order valence-electron chi connectivity index (χ2n) is 6.72. The summed E-state index contributed by atoms with van der Waals surface area (Å²) in [4.78, 5) is 5.89. The van der Waals surface area contributed by atoms with E-state index in [1.165, 1.54) is 12.0 Å². The van der Waals surface area contributed by atoms with E-state index in [2.05, 4.69) is 49.9 Å². The molecule has 1 unspecified atom stereocenters. The Morgan fingerprint density at radius 2 is 2.08 bits per heavy atom. The first-order chi connectivity index (χ1) is 11.6. The fraction of sp³-hybridized carbons (Fsp3) is 0.444. The average molecular weight is 341 g/mol. The van der Waals surface area contributed by atoms with Gasteiger partial charge in [-0.2, -0.15) is 5.10 Å². The van der Waals surface area contributed by atoms with E-state index in [4.69, 9.17) is 12.2 Å². The molecule has 1 N–H and O–H groups in total. The number of H-pyrrole nitrogens is 1. The first-order valence-corrected chi connectivity index (χ1v) is 8.94. The van der Waals surface area contributed by atoms with Crippen molar-refractivity contribution in [2.24, 2.45) is 7.05 Å². The molecule has 6 heteroatoms. The van der Waals surface area contributed by atoms with Gasteiger partial charge in [-0.3, -0.25) is 14.1 Å². The van der Waals surface area contributed by atoms with Crippen molar-refractivity contribution in [3.63, 3.8) is 0 Å². The zero-order valence-electron chi connectivity index (χ0n) is 14.2. The van der Waals surface area contributed by atoms with E-state index < -0.39 is 0 Å². The first kappa shape index (κ1) is 15.6. The maximum atomic E-state index is 5.62. The summed E-state index contributed by atoms with van der Waals surface area (Å²) in [6.45, 7) is 5.21. The molecule has 126 valence electrons. The molecule has 0 saturated carbocycles. The Bertz CT molecular complexity index is 905. The second kappa shape index (κ2) is 6.18. The summed E-state index contributed by atoms with van der Waals surface area (Å²) in [5.41, 5.74) is 4.57. The van der Waals surface area contributed by atoms with Gasteiger partial charge in [-0.05, 0) is 44.1 Å². The Morgan fingerprint density at radius 3 is 2.88 bits per heavy atom. The van der Waals surface area contributed by atoms with Gasteiger partial charge in [-0.25, -0.2) is 0 Å². The lowest BCUT2D eigenvalue weighted by atomic mass is 10.0. The Morgan fingerprint density at radius 1 is 1.29 bits per heavy atom. The van der Waals surface area contributed by atoms with Gasteiger partial charge in [-0.1, -0.05) is 30.3 Å². The van der Waals surface area contributed by atoms with Crippen molar-refractivity contribution in [3.05, 3.63) is 46.4 Å². The molecule has 1 aromatic carbocycles. The predicted molar refractivity (Wildman–Crippen MR) is 98.6 cm³/mol. The Labute approximate surface area is 146 Å². The normalized spacial score (nSPS) is 19.2. The number of aromatic nitrogens is 4. The fourth-order valence-corrected chi connectivity index (χ4v) is 4.24. The number of hydrogen-bond donors (Lipinski definition) is 1. The Kier molecular flexibility index (Phi) is 4.02. The standard InChI is InChI=1S/C18H23N5S/c1-13-16-17(21(2)20-13)23(18(24)19-16)15-9-6-10-22(12-15)11-14-7-4-3-5-8-14/h3-5,7-8,15H,6,9-12H2,1-2H3,(H,19,24). The molecule has 0 amide bonds. The van der Waals surface area contributed by atoms with Crippen LogP contribution in [0.25, 0.3) is 11.2 Å². The smallest absolute Gasteiger partial charge is 0.179 e. The SMILES string of the molecule is Cc1nn(C)c2c1[nH]c(=S)n2C1CCCN(Cc2ccccc2)C1. The van der Waals surface area contributed by atoms with E-state index in [1.807, 2.05) is 18.7 Å². The van der Waals surface area contributed by atoms with Crippen LogP contribution in [0, 0.1) is 11.7 Å². The summed E-state index contributed by atoms with van der Waals surface area (Å²) >= 11 is 5.62. The van der Waals surface area contributed by atoms with Crippen molar-refractivity contribution in [2.45, 2.75) is 32.4 Å². The van der Waals surface area contributed by atoms with Gasteiger partial charge in [-0.15, -0.1) is 0 Å². The molecular weight excluding hydrogens is 318 g/mol. The maximum Gasteiger partial charge on any atom is 0.179 e. The van der Waals surface area contributed by atoms with E-state index in [0.29, 0.717) is 6.04 Å². The number of rotatable bonds is 3. The van der Waals surface area contributed by atoms with E-state index in [0.717, 1.165) is 47.7 Å². The Hall–Kier alpha value is -1.92. The number of likely N-dealkylation sites (tertiary alicyclic amines) is 1. The number of nitrogens with zero attached hydrogens (tertiary/aromatic N) is 4. The molecule has 3 aromatic rings. The lowest BCUT2D eigenvalue weighted by Crippen LogP contribution is -2.36. The number of benzene rings is 1. The van der Waals surface area contributed by atoms with Crippen LogP contribution in [-0.4, -0.2) is 37.3 Å². The molecule has 1 fully saturated rings. The highest BCUT2D eigenvalue weighted by molar-refractivity contribution is 7.71. The minimum Gasteiger partial charge on any atom is -0.328 e. The molecule has 1 aliphatic rings. The highest BCUT2D eigenvalue weighted by Gasteiger charge is 2.25. The van der Waals surface area contributed by atoms with Gasteiger partial charge in [0.1, 0.15) is 5.52 Å². The van der Waals surface area contributed by atoms with Gasteiger partial charge >= 0.3 is 0 Å². The van der Waals surface area contributed by atoms with Gasteiger partial charge in [0.2, 0.25) is 0 Å². The molecule has 24 heavy (non-hydrogen) atoms. The number of imidazole rings is 1. The van der Waals surface area contributed by atoms with Crippen LogP contribution in [0.5, 0.6) is 0 Å². The molecule has 0 spiro atoms. The van der Waals surface area contributed by atoms with Crippen LogP contribution < -0.4 is 0 Å². The number of piperidine rings is 1. The van der Waals surface area contributed by atoms with Crippen molar-refractivity contribution in [1.82, 2.24) is 24.2 Å². The average Bonchev–Trinajstić information content (AvgIpc) is 3.05. The summed E-state index contributed by atoms with van der Waals surface area (Å²) < 4.78 is 5.04. The van der Waals surface area contributed by atoms with Crippen LogP contribution >= 0.6 is 12.2 Å². The van der Waals surface area contributed by atoms with Gasteiger partial charge in [0.15, 0.2) is 10.4 Å². The summed E-state index contributed by atoms with van der Waals surface area (Å²) in [6, 6.07) is 11.1. The zero-order valence-corrected chi connectivity index (χ0v) is 15.0. The molecule has 2 aromatic heterocycles.